The first-order chi connectivity index (χ1) is 35.6. The second kappa shape index (κ2) is 62.1. The van der Waals surface area contributed by atoms with Gasteiger partial charge in [0, 0.05) is 19.4 Å². The van der Waals surface area contributed by atoms with Crippen molar-refractivity contribution in [1.82, 2.24) is 0 Å². The minimum atomic E-state index is -0.576. The number of hydrogen-bond acceptors (Lipinski definition) is 5. The van der Waals surface area contributed by atoms with Crippen LogP contribution in [0.1, 0.15) is 290 Å². The predicted octanol–water partition coefficient (Wildman–Crippen LogP) is 21.4. The van der Waals surface area contributed by atoms with Gasteiger partial charge in [-0.05, 0) is 89.9 Å². The number of ether oxygens (including phenoxy) is 3. The van der Waals surface area contributed by atoms with Crippen LogP contribution >= 0.6 is 0 Å². The molecule has 72 heavy (non-hydrogen) atoms. The zero-order valence-electron chi connectivity index (χ0n) is 47.7. The van der Waals surface area contributed by atoms with Gasteiger partial charge in [0.1, 0.15) is 6.61 Å². The quantitative estimate of drug-likeness (QED) is 0.0345. The van der Waals surface area contributed by atoms with Crippen molar-refractivity contribution in [3.8, 4) is 0 Å². The summed E-state index contributed by atoms with van der Waals surface area (Å²) in [6.45, 7) is 7.64. The third-order valence-electron chi connectivity index (χ3n) is 13.1. The van der Waals surface area contributed by atoms with Crippen LogP contribution in [-0.2, 0) is 23.8 Å². The molecule has 0 aromatic rings. The summed E-state index contributed by atoms with van der Waals surface area (Å²) >= 11 is 0. The summed E-state index contributed by atoms with van der Waals surface area (Å²) in [4.78, 5) is 25.5. The Kier molecular flexibility index (Phi) is 59.4. The zero-order chi connectivity index (χ0) is 52.0. The third-order valence-corrected chi connectivity index (χ3v) is 13.1. The van der Waals surface area contributed by atoms with Crippen molar-refractivity contribution in [2.75, 3.05) is 19.8 Å². The number of unbranched alkanes of at least 4 members (excludes halogenated alkanes) is 29. The molecule has 5 nitrogen and oxygen atoms in total. The molecule has 1 atom stereocenters. The lowest BCUT2D eigenvalue weighted by Gasteiger charge is -2.18. The van der Waals surface area contributed by atoms with Crippen LogP contribution in [0.4, 0.5) is 0 Å². The highest BCUT2D eigenvalue weighted by Gasteiger charge is 2.17. The maximum atomic E-state index is 12.9. The molecule has 0 fully saturated rings. The Balaban J connectivity index is 4.38. The molecule has 0 radical (unpaired) electrons. The summed E-state index contributed by atoms with van der Waals surface area (Å²) in [6.07, 6.45) is 84.5. The zero-order valence-corrected chi connectivity index (χ0v) is 47.7. The minimum Gasteiger partial charge on any atom is -0.462 e. The van der Waals surface area contributed by atoms with Crippen molar-refractivity contribution in [3.05, 3.63) is 97.2 Å². The van der Waals surface area contributed by atoms with Gasteiger partial charge in [-0.2, -0.15) is 0 Å². The minimum absolute atomic E-state index is 0.0402. The average Bonchev–Trinajstić information content (AvgIpc) is 3.38. The van der Waals surface area contributed by atoms with Crippen molar-refractivity contribution >= 4 is 11.9 Å². The van der Waals surface area contributed by atoms with Gasteiger partial charge in [-0.15, -0.1) is 0 Å². The highest BCUT2D eigenvalue weighted by Crippen LogP contribution is 2.16. The fourth-order valence-corrected chi connectivity index (χ4v) is 8.57. The Morgan fingerprint density at radius 2 is 0.653 bits per heavy atom. The summed E-state index contributed by atoms with van der Waals surface area (Å²) in [5, 5.41) is 0. The topological polar surface area (TPSA) is 61.8 Å². The van der Waals surface area contributed by atoms with Gasteiger partial charge in [0.15, 0.2) is 6.10 Å². The number of carbonyl (C=O) groups is 2. The van der Waals surface area contributed by atoms with E-state index in [0.717, 1.165) is 77.0 Å². The third kappa shape index (κ3) is 59.4. The first kappa shape index (κ1) is 68.8. The Morgan fingerprint density at radius 3 is 1.08 bits per heavy atom. The van der Waals surface area contributed by atoms with E-state index in [4.69, 9.17) is 14.2 Å². The molecule has 0 saturated heterocycles. The van der Waals surface area contributed by atoms with E-state index in [1.165, 1.54) is 173 Å². The summed E-state index contributed by atoms with van der Waals surface area (Å²) in [6, 6.07) is 0. The van der Waals surface area contributed by atoms with Crippen LogP contribution in [0.3, 0.4) is 0 Å². The van der Waals surface area contributed by atoms with Gasteiger partial charge in [0.05, 0.1) is 6.61 Å². The smallest absolute Gasteiger partial charge is 0.306 e. The molecule has 0 aromatic carbocycles. The van der Waals surface area contributed by atoms with E-state index in [1.54, 1.807) is 0 Å². The molecule has 0 saturated carbocycles. The van der Waals surface area contributed by atoms with Crippen LogP contribution in [0, 0.1) is 0 Å². The molecular formula is C67H116O5. The van der Waals surface area contributed by atoms with Gasteiger partial charge in [-0.3, -0.25) is 9.59 Å². The Bertz CT molecular complexity index is 1360. The van der Waals surface area contributed by atoms with Crippen LogP contribution in [0.25, 0.3) is 0 Å². The summed E-state index contributed by atoms with van der Waals surface area (Å²) in [7, 11) is 0. The van der Waals surface area contributed by atoms with E-state index >= 15 is 0 Å². The first-order valence-electron chi connectivity index (χ1n) is 30.8. The molecule has 0 aliphatic rings. The molecule has 0 spiro atoms. The number of carbonyl (C=O) groups excluding carboxylic acids is 2. The number of rotatable bonds is 56. The SMILES string of the molecule is CC/C=C\C/C=C\C/C=C\C/C=C\C/C=C\C/C=C\CCC(=O)OCC(COCCCCCCCCCCCCCCCCCCCCCC)OC(=O)CCCCCCCCC/C=C\C/C=C\CCCCC. The molecular weight excluding hydrogens is 885 g/mol. The van der Waals surface area contributed by atoms with Crippen LogP contribution in [0.5, 0.6) is 0 Å². The van der Waals surface area contributed by atoms with E-state index in [-0.39, 0.29) is 25.2 Å². The van der Waals surface area contributed by atoms with Crippen molar-refractivity contribution in [2.24, 2.45) is 0 Å². The normalized spacial score (nSPS) is 12.9. The standard InChI is InChI=1S/C67H116O5/c1-4-7-10-13-16-19-22-25-28-31-33-35-38-41-44-47-50-53-56-59-62-70-63-65(72-67(69)61-58-55-52-49-46-43-40-36-30-27-24-21-18-15-12-9-6-3)64-71-66(68)60-57-54-51-48-45-42-39-37-34-32-29-26-23-20-17-14-11-8-5-2/h8,11,17-18,20-21,26-27,29-30,34,37,42,45,51,54,65H,4-7,9-10,12-16,19,22-25,28,31-33,35-36,38-41,43-44,46-50,52-53,55-64H2,1-3H3/b11-8-,20-17-,21-18-,29-26-,30-27-,37-34-,45-42-,54-51-. The van der Waals surface area contributed by atoms with Crippen molar-refractivity contribution in [2.45, 2.75) is 297 Å². The fraction of sp³-hybridized carbons (Fsp3) is 0.731. The number of hydrogen-bond donors (Lipinski definition) is 0. The van der Waals surface area contributed by atoms with E-state index in [9.17, 15) is 9.59 Å². The lowest BCUT2D eigenvalue weighted by Crippen LogP contribution is -2.30. The molecule has 0 bridgehead atoms. The van der Waals surface area contributed by atoms with Crippen LogP contribution in [0.15, 0.2) is 97.2 Å². The lowest BCUT2D eigenvalue weighted by atomic mass is 10.0. The number of allylic oxidation sites excluding steroid dienone is 16. The summed E-state index contributed by atoms with van der Waals surface area (Å²) in [5.41, 5.74) is 0. The molecule has 0 aliphatic carbocycles. The molecule has 0 N–H and O–H groups in total. The molecule has 1 unspecified atom stereocenters. The van der Waals surface area contributed by atoms with Crippen molar-refractivity contribution in [1.29, 1.82) is 0 Å². The molecule has 5 heteroatoms. The number of esters is 2. The average molecular weight is 1000 g/mol. The highest BCUT2D eigenvalue weighted by molar-refractivity contribution is 5.70. The summed E-state index contributed by atoms with van der Waals surface area (Å²) < 4.78 is 17.5. The second-order valence-corrected chi connectivity index (χ2v) is 20.2. The fourth-order valence-electron chi connectivity index (χ4n) is 8.57. The van der Waals surface area contributed by atoms with Crippen LogP contribution in [-0.4, -0.2) is 37.9 Å². The monoisotopic (exact) mass is 1000 g/mol. The van der Waals surface area contributed by atoms with Crippen LogP contribution < -0.4 is 0 Å². The van der Waals surface area contributed by atoms with Crippen LogP contribution in [0.2, 0.25) is 0 Å². The van der Waals surface area contributed by atoms with Gasteiger partial charge in [0.2, 0.25) is 0 Å². The van der Waals surface area contributed by atoms with Gasteiger partial charge in [0.25, 0.3) is 0 Å². The van der Waals surface area contributed by atoms with E-state index in [0.29, 0.717) is 25.9 Å². The molecule has 0 amide bonds. The Labute approximate surface area is 447 Å². The first-order valence-corrected chi connectivity index (χ1v) is 30.8. The van der Waals surface area contributed by atoms with E-state index in [2.05, 4.69) is 112 Å². The lowest BCUT2D eigenvalue weighted by molar-refractivity contribution is -0.162. The molecule has 0 aliphatic heterocycles. The largest absolute Gasteiger partial charge is 0.462 e. The second-order valence-electron chi connectivity index (χ2n) is 20.2. The highest BCUT2D eigenvalue weighted by atomic mass is 16.6. The van der Waals surface area contributed by atoms with Gasteiger partial charge in [-0.1, -0.05) is 285 Å². The Morgan fingerprint density at radius 1 is 0.319 bits per heavy atom. The van der Waals surface area contributed by atoms with Gasteiger partial charge < -0.3 is 14.2 Å². The van der Waals surface area contributed by atoms with Crippen molar-refractivity contribution < 1.29 is 23.8 Å². The molecule has 0 heterocycles. The maximum absolute atomic E-state index is 12.9. The predicted molar refractivity (Wildman–Crippen MR) is 316 cm³/mol. The van der Waals surface area contributed by atoms with Gasteiger partial charge in [-0.25, -0.2) is 0 Å². The van der Waals surface area contributed by atoms with E-state index < -0.39 is 6.10 Å². The Hall–Kier alpha value is -3.18. The van der Waals surface area contributed by atoms with E-state index in [1.807, 2.05) is 6.08 Å². The van der Waals surface area contributed by atoms with Gasteiger partial charge >= 0.3 is 11.9 Å². The summed E-state index contributed by atoms with van der Waals surface area (Å²) in [5.74, 6) is -0.495. The maximum Gasteiger partial charge on any atom is 0.306 e. The van der Waals surface area contributed by atoms with Crippen molar-refractivity contribution in [3.63, 3.8) is 0 Å². The molecule has 0 rings (SSSR count). The molecule has 0 aromatic heterocycles. The molecule has 414 valence electrons.